The van der Waals surface area contributed by atoms with E-state index in [2.05, 4.69) is 0 Å². The molecular formula is C20H19F2NO3. The van der Waals surface area contributed by atoms with Gasteiger partial charge in [0.2, 0.25) is 6.79 Å². The van der Waals surface area contributed by atoms with Crippen LogP contribution in [0.1, 0.15) is 41.6 Å². The fourth-order valence-electron chi connectivity index (χ4n) is 3.63. The van der Waals surface area contributed by atoms with Crippen molar-refractivity contribution in [2.75, 3.05) is 6.79 Å². The molecule has 26 heavy (non-hydrogen) atoms. The molecule has 1 amide bonds. The highest BCUT2D eigenvalue weighted by Gasteiger charge is 2.29. The molecule has 6 heteroatoms. The second-order valence-electron chi connectivity index (χ2n) is 6.68. The van der Waals surface area contributed by atoms with Gasteiger partial charge in [0.15, 0.2) is 11.5 Å². The minimum Gasteiger partial charge on any atom is -0.454 e. The molecule has 0 saturated heterocycles. The maximum Gasteiger partial charge on any atom is 0.257 e. The molecule has 0 spiro atoms. The average molecular weight is 359 g/mol. The zero-order valence-corrected chi connectivity index (χ0v) is 14.2. The third kappa shape index (κ3) is 3.23. The highest BCUT2D eigenvalue weighted by atomic mass is 19.1. The lowest BCUT2D eigenvalue weighted by Crippen LogP contribution is -2.38. The Hall–Kier alpha value is -2.63. The van der Waals surface area contributed by atoms with Gasteiger partial charge in [0.1, 0.15) is 11.6 Å². The van der Waals surface area contributed by atoms with Crippen molar-refractivity contribution in [2.45, 2.75) is 38.3 Å². The van der Waals surface area contributed by atoms with Crippen LogP contribution in [-0.2, 0) is 6.54 Å². The fraction of sp³-hybridized carbons (Fsp3) is 0.350. The molecule has 2 aromatic rings. The Morgan fingerprint density at radius 2 is 1.81 bits per heavy atom. The number of halogens is 2. The zero-order chi connectivity index (χ0) is 18.1. The molecule has 1 fully saturated rings. The molecule has 0 unspecified atom stereocenters. The van der Waals surface area contributed by atoms with Gasteiger partial charge in [0, 0.05) is 12.6 Å². The number of fused-ring (bicyclic) bond motifs is 1. The van der Waals surface area contributed by atoms with Gasteiger partial charge in [0.25, 0.3) is 5.91 Å². The van der Waals surface area contributed by atoms with Crippen LogP contribution in [0.4, 0.5) is 8.78 Å². The highest BCUT2D eigenvalue weighted by Crippen LogP contribution is 2.34. The number of rotatable bonds is 4. The molecule has 0 radical (unpaired) electrons. The molecule has 1 aliphatic heterocycles. The Balaban J connectivity index is 1.64. The molecule has 1 saturated carbocycles. The molecule has 1 aliphatic carbocycles. The van der Waals surface area contributed by atoms with Crippen LogP contribution in [0.5, 0.6) is 11.5 Å². The highest BCUT2D eigenvalue weighted by molar-refractivity contribution is 5.94. The van der Waals surface area contributed by atoms with E-state index >= 15 is 0 Å². The quantitative estimate of drug-likeness (QED) is 0.818. The monoisotopic (exact) mass is 359 g/mol. The van der Waals surface area contributed by atoms with Crippen LogP contribution in [0.25, 0.3) is 0 Å². The van der Waals surface area contributed by atoms with Crippen molar-refractivity contribution in [3.05, 3.63) is 59.2 Å². The summed E-state index contributed by atoms with van der Waals surface area (Å²) in [6.07, 6.45) is 3.79. The summed E-state index contributed by atoms with van der Waals surface area (Å²) in [6.45, 7) is 0.495. The summed E-state index contributed by atoms with van der Waals surface area (Å²) in [5, 5.41) is 0. The number of hydrogen-bond donors (Lipinski definition) is 0. The number of carbonyl (C=O) groups is 1. The summed E-state index contributed by atoms with van der Waals surface area (Å²) in [5.74, 6) is -0.497. The second-order valence-corrected chi connectivity index (χ2v) is 6.68. The number of hydrogen-bond acceptors (Lipinski definition) is 3. The predicted molar refractivity (Wildman–Crippen MR) is 91.1 cm³/mol. The van der Waals surface area contributed by atoms with Gasteiger partial charge < -0.3 is 14.4 Å². The van der Waals surface area contributed by atoms with E-state index in [1.165, 1.54) is 0 Å². The maximum absolute atomic E-state index is 14.1. The SMILES string of the molecule is O=C(c1cc(F)ccc1F)N(Cc1ccc2c(c1)OCO2)C1CCCC1. The first kappa shape index (κ1) is 16.8. The van der Waals surface area contributed by atoms with Gasteiger partial charge in [-0.05, 0) is 48.7 Å². The van der Waals surface area contributed by atoms with Gasteiger partial charge in [0.05, 0.1) is 5.56 Å². The smallest absolute Gasteiger partial charge is 0.257 e. The summed E-state index contributed by atoms with van der Waals surface area (Å²) in [4.78, 5) is 14.7. The van der Waals surface area contributed by atoms with Crippen molar-refractivity contribution in [2.24, 2.45) is 0 Å². The predicted octanol–water partition coefficient (Wildman–Crippen LogP) is 4.28. The first-order chi connectivity index (χ1) is 12.6. The lowest BCUT2D eigenvalue weighted by molar-refractivity contribution is 0.0659. The largest absolute Gasteiger partial charge is 0.454 e. The summed E-state index contributed by atoms with van der Waals surface area (Å²) in [5.41, 5.74) is 0.643. The number of carbonyl (C=O) groups excluding carboxylic acids is 1. The van der Waals surface area contributed by atoms with Gasteiger partial charge >= 0.3 is 0 Å². The molecule has 136 valence electrons. The van der Waals surface area contributed by atoms with Crippen molar-refractivity contribution in [3.8, 4) is 11.5 Å². The van der Waals surface area contributed by atoms with Crippen LogP contribution >= 0.6 is 0 Å². The first-order valence-electron chi connectivity index (χ1n) is 8.76. The average Bonchev–Trinajstić information content (AvgIpc) is 3.32. The van der Waals surface area contributed by atoms with Crippen LogP contribution in [0.2, 0.25) is 0 Å². The van der Waals surface area contributed by atoms with E-state index in [1.54, 1.807) is 11.0 Å². The van der Waals surface area contributed by atoms with Crippen molar-refractivity contribution < 1.29 is 23.0 Å². The minimum atomic E-state index is -0.704. The Bertz CT molecular complexity index is 834. The number of nitrogens with zero attached hydrogens (tertiary/aromatic N) is 1. The zero-order valence-electron chi connectivity index (χ0n) is 14.2. The normalized spacial score (nSPS) is 16.1. The number of ether oxygens (including phenoxy) is 2. The van der Waals surface area contributed by atoms with Crippen molar-refractivity contribution >= 4 is 5.91 Å². The van der Waals surface area contributed by atoms with Gasteiger partial charge in [-0.2, -0.15) is 0 Å². The molecule has 0 N–H and O–H groups in total. The summed E-state index contributed by atoms with van der Waals surface area (Å²) < 4.78 is 38.4. The van der Waals surface area contributed by atoms with Crippen LogP contribution in [0, 0.1) is 11.6 Å². The Labute approximate surface area is 150 Å². The fourth-order valence-corrected chi connectivity index (χ4v) is 3.63. The van der Waals surface area contributed by atoms with Crippen LogP contribution < -0.4 is 9.47 Å². The second kappa shape index (κ2) is 6.94. The molecule has 2 aromatic carbocycles. The van der Waals surface area contributed by atoms with Gasteiger partial charge in [-0.25, -0.2) is 8.78 Å². The van der Waals surface area contributed by atoms with E-state index in [-0.39, 0.29) is 18.4 Å². The van der Waals surface area contributed by atoms with Crippen molar-refractivity contribution in [1.82, 2.24) is 4.90 Å². The van der Waals surface area contributed by atoms with E-state index in [9.17, 15) is 13.6 Å². The first-order valence-corrected chi connectivity index (χ1v) is 8.76. The summed E-state index contributed by atoms with van der Waals surface area (Å²) >= 11 is 0. The van der Waals surface area contributed by atoms with E-state index in [0.717, 1.165) is 49.4 Å². The van der Waals surface area contributed by atoms with E-state index in [0.29, 0.717) is 18.0 Å². The summed E-state index contributed by atoms with van der Waals surface area (Å²) in [7, 11) is 0. The minimum absolute atomic E-state index is 0.0237. The lowest BCUT2D eigenvalue weighted by atomic mass is 10.1. The number of amides is 1. The van der Waals surface area contributed by atoms with Crippen LogP contribution in [0.3, 0.4) is 0 Å². The van der Waals surface area contributed by atoms with E-state index < -0.39 is 17.5 Å². The number of benzene rings is 2. The topological polar surface area (TPSA) is 38.8 Å². The molecule has 1 heterocycles. The van der Waals surface area contributed by atoms with E-state index in [4.69, 9.17) is 9.47 Å². The molecular weight excluding hydrogens is 340 g/mol. The van der Waals surface area contributed by atoms with Gasteiger partial charge in [-0.3, -0.25) is 4.79 Å². The molecule has 0 bridgehead atoms. The summed E-state index contributed by atoms with van der Waals surface area (Å²) in [6, 6.07) is 8.51. The van der Waals surface area contributed by atoms with Gasteiger partial charge in [-0.1, -0.05) is 18.9 Å². The molecule has 2 aliphatic rings. The Kier molecular flexibility index (Phi) is 4.49. The molecule has 4 nitrogen and oxygen atoms in total. The molecule has 0 atom stereocenters. The maximum atomic E-state index is 14.1. The third-order valence-corrected chi connectivity index (χ3v) is 4.98. The standard InChI is InChI=1S/C20H19F2NO3/c21-14-6-7-17(22)16(10-14)20(24)23(15-3-1-2-4-15)11-13-5-8-18-19(9-13)26-12-25-18/h5-10,15H,1-4,11-12H2. The van der Waals surface area contributed by atoms with Crippen LogP contribution in [-0.4, -0.2) is 23.6 Å². The Morgan fingerprint density at radius 1 is 1.04 bits per heavy atom. The Morgan fingerprint density at radius 3 is 2.62 bits per heavy atom. The lowest BCUT2D eigenvalue weighted by Gasteiger charge is -2.29. The van der Waals surface area contributed by atoms with Crippen molar-refractivity contribution in [1.29, 1.82) is 0 Å². The van der Waals surface area contributed by atoms with Crippen LogP contribution in [0.15, 0.2) is 36.4 Å². The molecule has 4 rings (SSSR count). The van der Waals surface area contributed by atoms with E-state index in [1.807, 2.05) is 12.1 Å². The molecule has 0 aromatic heterocycles. The van der Waals surface area contributed by atoms with Gasteiger partial charge in [-0.15, -0.1) is 0 Å². The van der Waals surface area contributed by atoms with Crippen molar-refractivity contribution in [3.63, 3.8) is 0 Å². The third-order valence-electron chi connectivity index (χ3n) is 4.98.